The number of amides is 1. The molecule has 1 heterocycles. The van der Waals surface area contributed by atoms with Crippen molar-refractivity contribution >= 4 is 15.9 Å². The lowest BCUT2D eigenvalue weighted by molar-refractivity contribution is -0.121. The molecular formula is C11H21F2N3O3S. The molecule has 118 valence electrons. The molecule has 0 saturated carbocycles. The Hall–Kier alpha value is -0.800. The van der Waals surface area contributed by atoms with E-state index in [2.05, 4.69) is 5.32 Å². The maximum atomic E-state index is 12.4. The first-order valence-electron chi connectivity index (χ1n) is 6.53. The summed E-state index contributed by atoms with van der Waals surface area (Å²) in [5, 5.41) is 2.72. The largest absolute Gasteiger partial charge is 0.356 e. The zero-order valence-corrected chi connectivity index (χ0v) is 12.2. The smallest absolute Gasteiger partial charge is 0.350 e. The summed E-state index contributed by atoms with van der Waals surface area (Å²) in [5.41, 5.74) is 5.49. The Balaban J connectivity index is 2.35. The number of nitrogens with zero attached hydrogens (tertiary/aromatic N) is 1. The van der Waals surface area contributed by atoms with E-state index in [0.717, 1.165) is 4.31 Å². The van der Waals surface area contributed by atoms with Crippen LogP contribution in [0, 0.1) is 5.92 Å². The maximum Gasteiger partial charge on any atom is 0.350 e. The monoisotopic (exact) mass is 313 g/mol. The molecule has 0 aromatic heterocycles. The van der Waals surface area contributed by atoms with Crippen LogP contribution < -0.4 is 11.1 Å². The van der Waals surface area contributed by atoms with Crippen LogP contribution in [0.1, 0.15) is 26.2 Å². The highest BCUT2D eigenvalue weighted by molar-refractivity contribution is 7.89. The molecule has 0 aromatic rings. The quantitative estimate of drug-likeness (QED) is 0.727. The van der Waals surface area contributed by atoms with Crippen molar-refractivity contribution in [3.8, 4) is 0 Å². The van der Waals surface area contributed by atoms with Gasteiger partial charge in [-0.2, -0.15) is 13.1 Å². The molecule has 3 N–H and O–H groups in total. The van der Waals surface area contributed by atoms with Crippen LogP contribution in [0.4, 0.5) is 8.78 Å². The van der Waals surface area contributed by atoms with Gasteiger partial charge in [0, 0.05) is 32.1 Å². The van der Waals surface area contributed by atoms with Crippen LogP contribution in [0.25, 0.3) is 0 Å². The summed E-state index contributed by atoms with van der Waals surface area (Å²) >= 11 is 0. The van der Waals surface area contributed by atoms with E-state index in [1.165, 1.54) is 0 Å². The minimum absolute atomic E-state index is 0.0699. The first-order chi connectivity index (χ1) is 9.23. The van der Waals surface area contributed by atoms with Gasteiger partial charge in [-0.15, -0.1) is 0 Å². The fourth-order valence-electron chi connectivity index (χ4n) is 2.10. The van der Waals surface area contributed by atoms with Crippen LogP contribution in [-0.4, -0.2) is 50.1 Å². The van der Waals surface area contributed by atoms with Crippen LogP contribution in [0.5, 0.6) is 0 Å². The van der Waals surface area contributed by atoms with Gasteiger partial charge in [-0.25, -0.2) is 8.42 Å². The molecule has 1 aliphatic heterocycles. The second kappa shape index (κ2) is 7.28. The van der Waals surface area contributed by atoms with Gasteiger partial charge in [-0.1, -0.05) is 0 Å². The average Bonchev–Trinajstić information content (AvgIpc) is 2.36. The predicted octanol–water partition coefficient (Wildman–Crippen LogP) is 0.104. The molecule has 1 amide bonds. The number of nitrogens with two attached hydrogens (primary N) is 1. The van der Waals surface area contributed by atoms with Crippen molar-refractivity contribution in [1.82, 2.24) is 9.62 Å². The Morgan fingerprint density at radius 2 is 1.95 bits per heavy atom. The highest BCUT2D eigenvalue weighted by Gasteiger charge is 2.34. The van der Waals surface area contributed by atoms with Gasteiger partial charge in [0.15, 0.2) is 0 Å². The predicted molar refractivity (Wildman–Crippen MR) is 70.5 cm³/mol. The van der Waals surface area contributed by atoms with Crippen molar-refractivity contribution in [2.24, 2.45) is 11.7 Å². The van der Waals surface area contributed by atoms with Crippen LogP contribution >= 0.6 is 0 Å². The normalized spacial score (nSPS) is 20.1. The number of piperidine rings is 1. The Morgan fingerprint density at radius 1 is 1.40 bits per heavy atom. The molecule has 0 aromatic carbocycles. The third-order valence-corrected chi connectivity index (χ3v) is 4.79. The summed E-state index contributed by atoms with van der Waals surface area (Å²) in [6.07, 6.45) is 1.16. The SMILES string of the molecule is CC(N)CC(=O)NCC1CCN(S(=O)(=O)C(F)F)CC1. The minimum atomic E-state index is -4.47. The standard InChI is InChI=1S/C11H21F2N3O3S/c1-8(14)6-10(17)15-7-9-2-4-16(5-3-9)20(18,19)11(12)13/h8-9,11H,2-7,14H2,1H3,(H,15,17). The number of carbonyl (C=O) groups is 1. The van der Waals surface area contributed by atoms with E-state index >= 15 is 0 Å². The molecule has 1 aliphatic rings. The fourth-order valence-corrected chi connectivity index (χ4v) is 3.05. The van der Waals surface area contributed by atoms with Crippen LogP contribution in [0.2, 0.25) is 0 Å². The van der Waals surface area contributed by atoms with Crippen LogP contribution in [-0.2, 0) is 14.8 Å². The molecule has 0 bridgehead atoms. The molecule has 1 saturated heterocycles. The first kappa shape index (κ1) is 17.3. The van der Waals surface area contributed by atoms with Crippen molar-refractivity contribution in [3.05, 3.63) is 0 Å². The van der Waals surface area contributed by atoms with Crippen molar-refractivity contribution in [1.29, 1.82) is 0 Å². The van der Waals surface area contributed by atoms with Gasteiger partial charge in [0.25, 0.3) is 10.0 Å². The number of hydrogen-bond donors (Lipinski definition) is 2. The first-order valence-corrected chi connectivity index (χ1v) is 8.03. The van der Waals surface area contributed by atoms with Crippen molar-refractivity contribution in [3.63, 3.8) is 0 Å². The zero-order chi connectivity index (χ0) is 15.3. The Kier molecular flexibility index (Phi) is 6.28. The van der Waals surface area contributed by atoms with Gasteiger partial charge >= 0.3 is 5.76 Å². The number of halogens is 2. The molecule has 1 rings (SSSR count). The van der Waals surface area contributed by atoms with Gasteiger partial charge < -0.3 is 11.1 Å². The highest BCUT2D eigenvalue weighted by Crippen LogP contribution is 2.22. The average molecular weight is 313 g/mol. The number of hydrogen-bond acceptors (Lipinski definition) is 4. The highest BCUT2D eigenvalue weighted by atomic mass is 32.2. The molecule has 1 unspecified atom stereocenters. The molecule has 0 aliphatic carbocycles. The van der Waals surface area contributed by atoms with E-state index in [9.17, 15) is 22.0 Å². The summed E-state index contributed by atoms with van der Waals surface area (Å²) in [6.45, 7) is 2.29. The molecule has 0 spiro atoms. The summed E-state index contributed by atoms with van der Waals surface area (Å²) in [4.78, 5) is 11.4. The maximum absolute atomic E-state index is 12.4. The number of alkyl halides is 2. The second-order valence-corrected chi connectivity index (χ2v) is 7.04. The third-order valence-electron chi connectivity index (χ3n) is 3.25. The summed E-state index contributed by atoms with van der Waals surface area (Å²) < 4.78 is 48.1. The number of nitrogens with one attached hydrogen (secondary N) is 1. The van der Waals surface area contributed by atoms with Crippen molar-refractivity contribution in [2.75, 3.05) is 19.6 Å². The van der Waals surface area contributed by atoms with Crippen LogP contribution in [0.15, 0.2) is 0 Å². The lowest BCUT2D eigenvalue weighted by atomic mass is 9.98. The molecular weight excluding hydrogens is 292 g/mol. The fraction of sp³-hybridized carbons (Fsp3) is 0.909. The molecule has 20 heavy (non-hydrogen) atoms. The van der Waals surface area contributed by atoms with Crippen LogP contribution in [0.3, 0.4) is 0 Å². The lowest BCUT2D eigenvalue weighted by Gasteiger charge is -2.30. The van der Waals surface area contributed by atoms with Gasteiger partial charge in [0.1, 0.15) is 0 Å². The topological polar surface area (TPSA) is 92.5 Å². The lowest BCUT2D eigenvalue weighted by Crippen LogP contribution is -2.43. The van der Waals surface area contributed by atoms with E-state index in [0.29, 0.717) is 19.4 Å². The number of rotatable bonds is 6. The van der Waals surface area contributed by atoms with E-state index in [1.54, 1.807) is 6.92 Å². The molecule has 1 fully saturated rings. The summed E-state index contributed by atoms with van der Waals surface area (Å²) in [7, 11) is -4.47. The second-order valence-electron chi connectivity index (χ2n) is 5.13. The summed E-state index contributed by atoms with van der Waals surface area (Å²) in [5.74, 6) is -3.41. The molecule has 0 radical (unpaired) electrons. The van der Waals surface area contributed by atoms with Crippen molar-refractivity contribution < 1.29 is 22.0 Å². The number of sulfonamides is 1. The van der Waals surface area contributed by atoms with E-state index in [4.69, 9.17) is 5.73 Å². The molecule has 9 heteroatoms. The Morgan fingerprint density at radius 3 is 2.40 bits per heavy atom. The molecule has 1 atom stereocenters. The van der Waals surface area contributed by atoms with Gasteiger partial charge in [0.05, 0.1) is 0 Å². The van der Waals surface area contributed by atoms with Gasteiger partial charge in [0.2, 0.25) is 5.91 Å². The minimum Gasteiger partial charge on any atom is -0.356 e. The van der Waals surface area contributed by atoms with Gasteiger partial charge in [-0.05, 0) is 25.7 Å². The Labute approximate surface area is 117 Å². The van der Waals surface area contributed by atoms with Crippen molar-refractivity contribution in [2.45, 2.75) is 38.0 Å². The van der Waals surface area contributed by atoms with E-state index in [-0.39, 0.29) is 37.4 Å². The molecule has 6 nitrogen and oxygen atoms in total. The van der Waals surface area contributed by atoms with E-state index < -0.39 is 15.8 Å². The Bertz CT molecular complexity index is 421. The van der Waals surface area contributed by atoms with Gasteiger partial charge in [-0.3, -0.25) is 4.79 Å². The third kappa shape index (κ3) is 4.95. The number of carbonyl (C=O) groups excluding carboxylic acids is 1. The van der Waals surface area contributed by atoms with E-state index in [1.807, 2.05) is 0 Å². The zero-order valence-electron chi connectivity index (χ0n) is 11.4. The summed E-state index contributed by atoms with van der Waals surface area (Å²) in [6, 6.07) is -0.215.